The number of thiocarbonyl (C=S) groups is 1. The number of thioether (sulfide) groups is 1. The molecule has 2 N–H and O–H groups in total. The fraction of sp³-hybridized carbons (Fsp3) is 0.238. The minimum Gasteiger partial charge on any atom is -0.293 e. The molecule has 0 bridgehead atoms. The SMILES string of the molecule is O=C(CCCCCN1C(=O)/C(=C\c2cccs2)SC1=S)NNC(=O)c1ccccc1Br. The molecule has 6 nitrogen and oxygen atoms in total. The predicted molar refractivity (Wildman–Crippen MR) is 132 cm³/mol. The van der Waals surface area contributed by atoms with E-state index < -0.39 is 0 Å². The number of benzene rings is 1. The first-order valence-electron chi connectivity index (χ1n) is 9.58. The second-order valence-corrected chi connectivity index (χ2v) is 10.2. The average molecular weight is 539 g/mol. The Labute approximate surface area is 202 Å². The summed E-state index contributed by atoms with van der Waals surface area (Å²) in [6.07, 6.45) is 4.32. The van der Waals surface area contributed by atoms with E-state index in [1.807, 2.05) is 23.6 Å². The van der Waals surface area contributed by atoms with Crippen molar-refractivity contribution < 1.29 is 14.4 Å². The summed E-state index contributed by atoms with van der Waals surface area (Å²) < 4.78 is 1.23. The van der Waals surface area contributed by atoms with Crippen molar-refractivity contribution >= 4 is 79.4 Å². The molecule has 0 unspecified atom stereocenters. The number of hydrogen-bond donors (Lipinski definition) is 2. The highest BCUT2D eigenvalue weighted by molar-refractivity contribution is 9.10. The van der Waals surface area contributed by atoms with Gasteiger partial charge in [0, 0.05) is 22.3 Å². The molecule has 1 aliphatic heterocycles. The number of thiophene rings is 1. The van der Waals surface area contributed by atoms with Crippen LogP contribution in [0.15, 0.2) is 51.2 Å². The van der Waals surface area contributed by atoms with Gasteiger partial charge >= 0.3 is 0 Å². The molecule has 31 heavy (non-hydrogen) atoms. The third-order valence-corrected chi connectivity index (χ3v) is 7.30. The second kappa shape index (κ2) is 11.6. The fourth-order valence-electron chi connectivity index (χ4n) is 2.83. The number of hydrogen-bond acceptors (Lipinski definition) is 6. The molecular weight excluding hydrogens is 518 g/mol. The van der Waals surface area contributed by atoms with Gasteiger partial charge in [-0.05, 0) is 58.4 Å². The highest BCUT2D eigenvalue weighted by atomic mass is 79.9. The molecule has 2 heterocycles. The summed E-state index contributed by atoms with van der Waals surface area (Å²) in [5.74, 6) is -0.702. The van der Waals surface area contributed by atoms with Crippen molar-refractivity contribution in [1.29, 1.82) is 0 Å². The first kappa shape index (κ1) is 23.6. The Morgan fingerprint density at radius 2 is 1.90 bits per heavy atom. The highest BCUT2D eigenvalue weighted by Gasteiger charge is 2.31. The van der Waals surface area contributed by atoms with E-state index in [0.717, 1.165) is 17.7 Å². The molecule has 3 rings (SSSR count). The van der Waals surface area contributed by atoms with Crippen LogP contribution in [0.4, 0.5) is 0 Å². The first-order chi connectivity index (χ1) is 15.0. The third kappa shape index (κ3) is 6.73. The van der Waals surface area contributed by atoms with Crippen LogP contribution < -0.4 is 10.9 Å². The van der Waals surface area contributed by atoms with Gasteiger partial charge in [0.15, 0.2) is 0 Å². The number of carbonyl (C=O) groups excluding carboxylic acids is 3. The Balaban J connectivity index is 1.34. The number of nitrogens with one attached hydrogen (secondary N) is 2. The lowest BCUT2D eigenvalue weighted by molar-refractivity contribution is -0.123. The van der Waals surface area contributed by atoms with Crippen LogP contribution in [-0.2, 0) is 9.59 Å². The number of carbonyl (C=O) groups is 3. The normalized spacial score (nSPS) is 14.9. The number of unbranched alkanes of at least 4 members (excludes halogenated alkanes) is 2. The van der Waals surface area contributed by atoms with Crippen LogP contribution in [0.5, 0.6) is 0 Å². The third-order valence-electron chi connectivity index (χ3n) is 4.41. The fourth-order valence-corrected chi connectivity index (χ4v) is 5.33. The molecule has 10 heteroatoms. The van der Waals surface area contributed by atoms with Crippen LogP contribution in [0.2, 0.25) is 0 Å². The molecule has 3 amide bonds. The summed E-state index contributed by atoms with van der Waals surface area (Å²) in [5, 5.41) is 1.97. The predicted octanol–water partition coefficient (Wildman–Crippen LogP) is 4.73. The number of rotatable bonds is 8. The van der Waals surface area contributed by atoms with E-state index in [1.54, 1.807) is 40.5 Å². The van der Waals surface area contributed by atoms with E-state index in [-0.39, 0.29) is 24.1 Å². The molecule has 0 radical (unpaired) electrons. The molecule has 0 aliphatic carbocycles. The van der Waals surface area contributed by atoms with Crippen molar-refractivity contribution in [1.82, 2.24) is 15.8 Å². The van der Waals surface area contributed by atoms with Crippen LogP contribution >= 0.6 is 51.2 Å². The maximum atomic E-state index is 12.6. The van der Waals surface area contributed by atoms with E-state index >= 15 is 0 Å². The molecule has 1 saturated heterocycles. The molecule has 2 aromatic rings. The Bertz CT molecular complexity index is 1010. The Hall–Kier alpha value is -2.01. The summed E-state index contributed by atoms with van der Waals surface area (Å²) in [7, 11) is 0. The van der Waals surface area contributed by atoms with Crippen LogP contribution in [0.1, 0.15) is 40.9 Å². The highest BCUT2D eigenvalue weighted by Crippen LogP contribution is 2.33. The van der Waals surface area contributed by atoms with Gasteiger partial charge in [0.05, 0.1) is 10.5 Å². The lowest BCUT2D eigenvalue weighted by Gasteiger charge is -2.14. The van der Waals surface area contributed by atoms with Crippen LogP contribution in [0, 0.1) is 0 Å². The van der Waals surface area contributed by atoms with Crippen LogP contribution in [-0.4, -0.2) is 33.5 Å². The number of nitrogens with zero attached hydrogens (tertiary/aromatic N) is 1. The molecular formula is C21H20BrN3O3S3. The van der Waals surface area contributed by atoms with Crippen molar-refractivity contribution in [3.05, 3.63) is 61.6 Å². The molecule has 1 aromatic heterocycles. The minimum absolute atomic E-state index is 0.0593. The monoisotopic (exact) mass is 537 g/mol. The van der Waals surface area contributed by atoms with Gasteiger partial charge in [-0.25, -0.2) is 0 Å². The average Bonchev–Trinajstić information content (AvgIpc) is 3.35. The summed E-state index contributed by atoms with van der Waals surface area (Å²) in [5.41, 5.74) is 5.28. The Morgan fingerprint density at radius 1 is 1.10 bits per heavy atom. The van der Waals surface area contributed by atoms with Crippen LogP contribution in [0.25, 0.3) is 6.08 Å². The molecule has 0 saturated carbocycles. The maximum absolute atomic E-state index is 12.6. The molecule has 1 aliphatic rings. The van der Waals surface area contributed by atoms with Gasteiger partial charge < -0.3 is 0 Å². The zero-order valence-electron chi connectivity index (χ0n) is 16.4. The lowest BCUT2D eigenvalue weighted by atomic mass is 10.2. The zero-order chi connectivity index (χ0) is 22.2. The van der Waals surface area contributed by atoms with Gasteiger partial charge in [0.25, 0.3) is 11.8 Å². The van der Waals surface area contributed by atoms with Gasteiger partial charge in [0.1, 0.15) is 4.32 Å². The lowest BCUT2D eigenvalue weighted by Crippen LogP contribution is -2.41. The Morgan fingerprint density at radius 3 is 2.65 bits per heavy atom. The Kier molecular flexibility index (Phi) is 8.82. The molecule has 1 fully saturated rings. The zero-order valence-corrected chi connectivity index (χ0v) is 20.5. The smallest absolute Gasteiger partial charge is 0.270 e. The topological polar surface area (TPSA) is 78.5 Å². The van der Waals surface area contributed by atoms with E-state index in [1.165, 1.54) is 11.8 Å². The number of amides is 3. The maximum Gasteiger partial charge on any atom is 0.270 e. The molecule has 162 valence electrons. The van der Waals surface area contributed by atoms with E-state index in [4.69, 9.17) is 12.2 Å². The van der Waals surface area contributed by atoms with Crippen molar-refractivity contribution in [3.63, 3.8) is 0 Å². The quantitative estimate of drug-likeness (QED) is 0.220. The van der Waals surface area contributed by atoms with Crippen molar-refractivity contribution in [2.24, 2.45) is 0 Å². The van der Waals surface area contributed by atoms with Gasteiger partial charge in [-0.15, -0.1) is 11.3 Å². The van der Waals surface area contributed by atoms with Gasteiger partial charge in [-0.2, -0.15) is 0 Å². The second-order valence-electron chi connectivity index (χ2n) is 6.64. The van der Waals surface area contributed by atoms with E-state index in [0.29, 0.717) is 32.2 Å². The molecule has 1 aromatic carbocycles. The summed E-state index contributed by atoms with van der Waals surface area (Å²) in [6, 6.07) is 10.9. The first-order valence-corrected chi connectivity index (χ1v) is 12.5. The van der Waals surface area contributed by atoms with Crippen molar-refractivity contribution in [2.45, 2.75) is 25.7 Å². The summed E-state index contributed by atoms with van der Waals surface area (Å²) in [4.78, 5) is 39.9. The van der Waals surface area contributed by atoms with E-state index in [9.17, 15) is 14.4 Å². The standard InChI is InChI=1S/C21H20BrN3O3S3/c22-16-9-4-3-8-15(16)19(27)24-23-18(26)10-2-1-5-11-25-20(28)17(31-21(25)29)13-14-7-6-12-30-14/h3-4,6-9,12-13H,1-2,5,10-11H2,(H,23,26)(H,24,27)/b17-13+. The summed E-state index contributed by atoms with van der Waals surface area (Å²) in [6.45, 7) is 0.535. The van der Waals surface area contributed by atoms with Crippen molar-refractivity contribution in [3.8, 4) is 0 Å². The van der Waals surface area contributed by atoms with E-state index in [2.05, 4.69) is 26.8 Å². The molecule has 0 atom stereocenters. The van der Waals surface area contributed by atoms with Gasteiger partial charge in [0.2, 0.25) is 5.91 Å². The minimum atomic E-state index is -0.384. The van der Waals surface area contributed by atoms with Gasteiger partial charge in [-0.3, -0.25) is 30.1 Å². The molecule has 0 spiro atoms. The van der Waals surface area contributed by atoms with Crippen molar-refractivity contribution in [2.75, 3.05) is 6.54 Å². The number of hydrazine groups is 1. The number of halogens is 1. The summed E-state index contributed by atoms with van der Waals surface area (Å²) >= 11 is 11.5. The van der Waals surface area contributed by atoms with Crippen LogP contribution in [0.3, 0.4) is 0 Å². The van der Waals surface area contributed by atoms with Gasteiger partial charge in [-0.1, -0.05) is 48.6 Å². The largest absolute Gasteiger partial charge is 0.293 e.